The van der Waals surface area contributed by atoms with Crippen LogP contribution in [0.1, 0.15) is 6.42 Å². The van der Waals surface area contributed by atoms with Gasteiger partial charge in [-0.25, -0.2) is 4.79 Å². The SMILES string of the molecule is O=C(O)C1(NC(=O)C(F)(F)C(F)(F)F)CCSC1. The fraction of sp³-hybridized carbons (Fsp3) is 0.750. The number of carboxylic acid groups (broad SMARTS) is 1. The highest BCUT2D eigenvalue weighted by molar-refractivity contribution is 7.99. The van der Waals surface area contributed by atoms with Gasteiger partial charge in [-0.05, 0) is 12.2 Å². The van der Waals surface area contributed by atoms with Crippen molar-refractivity contribution in [2.24, 2.45) is 0 Å². The summed E-state index contributed by atoms with van der Waals surface area (Å²) in [7, 11) is 0. The summed E-state index contributed by atoms with van der Waals surface area (Å²) in [6.45, 7) is 0. The largest absolute Gasteiger partial charge is 0.479 e. The summed E-state index contributed by atoms with van der Waals surface area (Å²) in [6, 6.07) is 0. The normalized spacial score (nSPS) is 24.9. The Kier molecular flexibility index (Phi) is 3.80. The average molecular weight is 293 g/mol. The first-order valence-electron chi connectivity index (χ1n) is 4.61. The van der Waals surface area contributed by atoms with E-state index in [0.717, 1.165) is 11.8 Å². The van der Waals surface area contributed by atoms with Crippen LogP contribution in [0.5, 0.6) is 0 Å². The molecule has 18 heavy (non-hydrogen) atoms. The molecule has 0 aromatic carbocycles. The summed E-state index contributed by atoms with van der Waals surface area (Å²) in [6.07, 6.45) is -6.25. The maximum Gasteiger partial charge on any atom is 0.463 e. The summed E-state index contributed by atoms with van der Waals surface area (Å²) in [5, 5.41) is 10.1. The minimum absolute atomic E-state index is 0.202. The van der Waals surface area contributed by atoms with Gasteiger partial charge in [0.25, 0.3) is 0 Å². The van der Waals surface area contributed by atoms with Crippen molar-refractivity contribution in [1.82, 2.24) is 5.32 Å². The first-order valence-corrected chi connectivity index (χ1v) is 5.77. The first-order chi connectivity index (χ1) is 8.03. The van der Waals surface area contributed by atoms with Gasteiger partial charge in [0.05, 0.1) is 0 Å². The van der Waals surface area contributed by atoms with Gasteiger partial charge in [0.15, 0.2) is 0 Å². The zero-order chi connectivity index (χ0) is 14.2. The minimum Gasteiger partial charge on any atom is -0.479 e. The minimum atomic E-state index is -6.05. The molecule has 1 fully saturated rings. The van der Waals surface area contributed by atoms with Crippen LogP contribution in [0.2, 0.25) is 0 Å². The van der Waals surface area contributed by atoms with Gasteiger partial charge in [-0.2, -0.15) is 33.7 Å². The quantitative estimate of drug-likeness (QED) is 0.769. The summed E-state index contributed by atoms with van der Waals surface area (Å²) in [5.74, 6) is -9.87. The number of carbonyl (C=O) groups is 2. The number of amides is 1. The highest BCUT2D eigenvalue weighted by atomic mass is 32.2. The Bertz CT molecular complexity index is 364. The van der Waals surface area contributed by atoms with E-state index in [-0.39, 0.29) is 17.9 Å². The lowest BCUT2D eigenvalue weighted by molar-refractivity contribution is -0.270. The van der Waals surface area contributed by atoms with Gasteiger partial charge in [0, 0.05) is 5.75 Å². The van der Waals surface area contributed by atoms with E-state index < -0.39 is 29.5 Å². The summed E-state index contributed by atoms with van der Waals surface area (Å²) in [4.78, 5) is 21.8. The standard InChI is InChI=1S/C8H8F5NO3S/c9-7(10,8(11,12)13)4(15)14-6(5(16)17)1-2-18-3-6/h1-3H2,(H,14,15)(H,16,17). The zero-order valence-electron chi connectivity index (χ0n) is 8.68. The molecule has 0 saturated carbocycles. The van der Waals surface area contributed by atoms with E-state index in [1.165, 1.54) is 5.32 Å². The van der Waals surface area contributed by atoms with Crippen LogP contribution in [0, 0.1) is 0 Å². The van der Waals surface area contributed by atoms with Crippen LogP contribution >= 0.6 is 11.8 Å². The Labute approximate surface area is 102 Å². The first kappa shape index (κ1) is 15.0. The van der Waals surface area contributed by atoms with Gasteiger partial charge < -0.3 is 10.4 Å². The van der Waals surface area contributed by atoms with Crippen LogP contribution < -0.4 is 5.32 Å². The lowest BCUT2D eigenvalue weighted by Crippen LogP contribution is -2.61. The maximum atomic E-state index is 12.7. The highest BCUT2D eigenvalue weighted by Crippen LogP contribution is 2.37. The number of aliphatic carboxylic acids is 1. The van der Waals surface area contributed by atoms with E-state index in [9.17, 15) is 31.5 Å². The fourth-order valence-corrected chi connectivity index (χ4v) is 2.64. The van der Waals surface area contributed by atoms with Crippen molar-refractivity contribution in [3.63, 3.8) is 0 Å². The second kappa shape index (κ2) is 4.56. The van der Waals surface area contributed by atoms with Crippen molar-refractivity contribution in [3.8, 4) is 0 Å². The van der Waals surface area contributed by atoms with E-state index >= 15 is 0 Å². The molecule has 1 saturated heterocycles. The van der Waals surface area contributed by atoms with Crippen LogP contribution in [0.3, 0.4) is 0 Å². The van der Waals surface area contributed by atoms with Crippen LogP contribution in [0.15, 0.2) is 0 Å². The van der Waals surface area contributed by atoms with E-state index in [4.69, 9.17) is 5.11 Å². The number of carbonyl (C=O) groups excluding carboxylic acids is 1. The molecule has 10 heteroatoms. The molecule has 0 aliphatic carbocycles. The van der Waals surface area contributed by atoms with Gasteiger partial charge >= 0.3 is 24.0 Å². The second-order valence-electron chi connectivity index (χ2n) is 3.72. The molecule has 0 aromatic rings. The Morgan fingerprint density at radius 3 is 2.11 bits per heavy atom. The molecular weight excluding hydrogens is 285 g/mol. The van der Waals surface area contributed by atoms with E-state index in [2.05, 4.69) is 0 Å². The molecule has 1 heterocycles. The average Bonchev–Trinajstić information content (AvgIpc) is 2.65. The molecule has 1 amide bonds. The topological polar surface area (TPSA) is 66.4 Å². The van der Waals surface area contributed by atoms with Crippen LogP contribution in [0.4, 0.5) is 22.0 Å². The van der Waals surface area contributed by atoms with Crippen molar-refractivity contribution in [2.45, 2.75) is 24.1 Å². The van der Waals surface area contributed by atoms with E-state index in [1.54, 1.807) is 0 Å². The van der Waals surface area contributed by atoms with Crippen LogP contribution in [-0.2, 0) is 9.59 Å². The number of hydrogen-bond donors (Lipinski definition) is 2. The predicted molar refractivity (Wildman–Crippen MR) is 51.5 cm³/mol. The Morgan fingerprint density at radius 2 is 1.78 bits per heavy atom. The molecule has 1 aliphatic heterocycles. The highest BCUT2D eigenvalue weighted by Gasteiger charge is 2.65. The molecule has 1 unspecified atom stereocenters. The van der Waals surface area contributed by atoms with Crippen molar-refractivity contribution in [1.29, 1.82) is 0 Å². The van der Waals surface area contributed by atoms with Gasteiger partial charge in [-0.15, -0.1) is 0 Å². The summed E-state index contributed by atoms with van der Waals surface area (Å²) in [5.41, 5.74) is -2.06. The second-order valence-corrected chi connectivity index (χ2v) is 4.82. The smallest absolute Gasteiger partial charge is 0.463 e. The monoisotopic (exact) mass is 293 g/mol. The third-order valence-corrected chi connectivity index (χ3v) is 3.61. The molecule has 0 radical (unpaired) electrons. The van der Waals surface area contributed by atoms with Gasteiger partial charge in [0.2, 0.25) is 0 Å². The Balaban J connectivity index is 2.90. The molecule has 2 N–H and O–H groups in total. The lowest BCUT2D eigenvalue weighted by atomic mass is 9.98. The number of thioether (sulfide) groups is 1. The third-order valence-electron chi connectivity index (χ3n) is 2.43. The number of halogens is 5. The van der Waals surface area contributed by atoms with Crippen molar-refractivity contribution in [2.75, 3.05) is 11.5 Å². The summed E-state index contributed by atoms with van der Waals surface area (Å²) >= 11 is 1.05. The molecule has 4 nitrogen and oxygen atoms in total. The number of rotatable bonds is 3. The Hall–Kier alpha value is -1.06. The predicted octanol–water partition coefficient (Wildman–Crippen LogP) is 1.26. The molecule has 0 aromatic heterocycles. The fourth-order valence-electron chi connectivity index (χ4n) is 1.31. The van der Waals surface area contributed by atoms with Crippen molar-refractivity contribution < 1.29 is 36.6 Å². The van der Waals surface area contributed by atoms with Gasteiger partial charge in [-0.1, -0.05) is 0 Å². The molecule has 0 bridgehead atoms. The van der Waals surface area contributed by atoms with Crippen molar-refractivity contribution in [3.05, 3.63) is 0 Å². The van der Waals surface area contributed by atoms with Gasteiger partial charge in [0.1, 0.15) is 5.54 Å². The molecular formula is C8H8F5NO3S. The third kappa shape index (κ3) is 2.52. The Morgan fingerprint density at radius 1 is 1.22 bits per heavy atom. The number of alkyl halides is 5. The number of hydrogen-bond acceptors (Lipinski definition) is 3. The number of nitrogens with one attached hydrogen (secondary N) is 1. The zero-order valence-corrected chi connectivity index (χ0v) is 9.50. The molecule has 104 valence electrons. The molecule has 0 spiro atoms. The van der Waals surface area contributed by atoms with Crippen LogP contribution in [-0.4, -0.2) is 46.1 Å². The lowest BCUT2D eigenvalue weighted by Gasteiger charge is -2.27. The van der Waals surface area contributed by atoms with E-state index in [0.29, 0.717) is 0 Å². The molecule has 1 atom stereocenters. The number of carboxylic acids is 1. The maximum absolute atomic E-state index is 12.7. The van der Waals surface area contributed by atoms with Gasteiger partial charge in [-0.3, -0.25) is 4.79 Å². The summed E-state index contributed by atoms with van der Waals surface area (Å²) < 4.78 is 61.1. The molecule has 1 rings (SSSR count). The molecule has 1 aliphatic rings. The van der Waals surface area contributed by atoms with Crippen LogP contribution in [0.25, 0.3) is 0 Å². The van der Waals surface area contributed by atoms with Crippen molar-refractivity contribution >= 4 is 23.6 Å². The van der Waals surface area contributed by atoms with E-state index in [1.807, 2.05) is 0 Å².